The minimum atomic E-state index is -4.52. The first kappa shape index (κ1) is 23.5. The molecule has 2 aliphatic heterocycles. The van der Waals surface area contributed by atoms with Crippen LogP contribution in [0.4, 0.5) is 19.0 Å². The molecule has 1 aromatic carbocycles. The normalized spacial score (nSPS) is 27.7. The van der Waals surface area contributed by atoms with Crippen LogP contribution in [0.3, 0.4) is 0 Å². The first-order chi connectivity index (χ1) is 16.3. The van der Waals surface area contributed by atoms with Gasteiger partial charge in [0.25, 0.3) is 0 Å². The Morgan fingerprint density at radius 3 is 2.50 bits per heavy atom. The Hall–Kier alpha value is -2.23. The summed E-state index contributed by atoms with van der Waals surface area (Å²) < 4.78 is 53.2. The van der Waals surface area contributed by atoms with E-state index in [1.807, 2.05) is 32.0 Å². The number of alkyl halides is 3. The monoisotopic (exact) mass is 476 g/mol. The predicted molar refractivity (Wildman–Crippen MR) is 123 cm³/mol. The maximum Gasteiger partial charge on any atom is 0.420 e. The van der Waals surface area contributed by atoms with Gasteiger partial charge in [-0.3, -0.25) is 0 Å². The number of aryl methyl sites for hydroxylation is 2. The second-order valence-electron chi connectivity index (χ2n) is 9.93. The summed E-state index contributed by atoms with van der Waals surface area (Å²) in [4.78, 5) is 2.41. The number of anilines is 1. The third-order valence-electron chi connectivity index (χ3n) is 7.28. The van der Waals surface area contributed by atoms with E-state index in [-0.39, 0.29) is 23.7 Å². The standard InChI is InChI=1S/C25H31F3N4O2/c1-15-3-4-16(2)21(7-15)23-10-22(25(26,27)28)24(31-30-23)29-19-8-17-11-32(12-18(17)9-19)13-20-14-33-5-6-34-20/h3-4,7,10,17-20H,5-6,8-9,11-14H2,1-2H3,(H,29,31)/t17-,18+,19-,20-/m0/s1. The van der Waals surface area contributed by atoms with Crippen LogP contribution in [-0.2, 0) is 15.7 Å². The molecule has 0 radical (unpaired) electrons. The molecule has 6 nitrogen and oxygen atoms in total. The number of benzene rings is 1. The summed E-state index contributed by atoms with van der Waals surface area (Å²) in [6.07, 6.45) is -2.73. The van der Waals surface area contributed by atoms with Crippen LogP contribution in [0.15, 0.2) is 24.3 Å². The Bertz CT molecular complexity index is 1010. The summed E-state index contributed by atoms with van der Waals surface area (Å²) in [6, 6.07) is 6.76. The van der Waals surface area contributed by atoms with Gasteiger partial charge in [0.2, 0.25) is 0 Å². The number of ether oxygens (including phenoxy) is 2. The second-order valence-corrected chi connectivity index (χ2v) is 9.93. The lowest BCUT2D eigenvalue weighted by atomic mass is 10.0. The number of hydrogen-bond donors (Lipinski definition) is 1. The lowest BCUT2D eigenvalue weighted by Gasteiger charge is -2.28. The second kappa shape index (κ2) is 9.43. The SMILES string of the molecule is Cc1ccc(C)c(-c2cc(C(F)(F)F)c(N[C@@H]3C[C@@H]4CN(C[C@H]5COCCO5)C[C@@H]4C3)nn2)c1. The van der Waals surface area contributed by atoms with Crippen molar-refractivity contribution in [2.24, 2.45) is 11.8 Å². The molecule has 3 heterocycles. The van der Waals surface area contributed by atoms with Crippen LogP contribution >= 0.6 is 0 Å². The zero-order valence-electron chi connectivity index (χ0n) is 19.6. The summed E-state index contributed by atoms with van der Waals surface area (Å²) >= 11 is 0. The fraction of sp³-hybridized carbons (Fsp3) is 0.600. The fourth-order valence-electron chi connectivity index (χ4n) is 5.65. The van der Waals surface area contributed by atoms with E-state index < -0.39 is 11.7 Å². The number of rotatable bonds is 5. The average molecular weight is 477 g/mol. The largest absolute Gasteiger partial charge is 0.420 e. The van der Waals surface area contributed by atoms with Crippen molar-refractivity contribution in [1.82, 2.24) is 15.1 Å². The highest BCUT2D eigenvalue weighted by molar-refractivity contribution is 5.66. The molecule has 1 aromatic heterocycles. The summed E-state index contributed by atoms with van der Waals surface area (Å²) in [6.45, 7) is 8.46. The fourth-order valence-corrected chi connectivity index (χ4v) is 5.65. The van der Waals surface area contributed by atoms with Gasteiger partial charge in [-0.1, -0.05) is 17.7 Å². The molecule has 9 heteroatoms. The van der Waals surface area contributed by atoms with E-state index in [4.69, 9.17) is 9.47 Å². The van der Waals surface area contributed by atoms with Gasteiger partial charge in [0, 0.05) is 31.2 Å². The molecule has 0 bridgehead atoms. The highest BCUT2D eigenvalue weighted by Gasteiger charge is 2.43. The lowest BCUT2D eigenvalue weighted by molar-refractivity contribution is -0.137. The van der Waals surface area contributed by atoms with Gasteiger partial charge in [-0.25, -0.2) is 0 Å². The van der Waals surface area contributed by atoms with Crippen LogP contribution in [0.2, 0.25) is 0 Å². The molecule has 184 valence electrons. The van der Waals surface area contributed by atoms with Gasteiger partial charge in [-0.15, -0.1) is 10.2 Å². The molecule has 4 atom stereocenters. The first-order valence-corrected chi connectivity index (χ1v) is 12.0. The number of hydrogen-bond acceptors (Lipinski definition) is 6. The topological polar surface area (TPSA) is 59.5 Å². The summed E-state index contributed by atoms with van der Waals surface area (Å²) in [7, 11) is 0. The predicted octanol–water partition coefficient (Wildman–Crippen LogP) is 4.32. The molecule has 1 aliphatic carbocycles. The zero-order chi connectivity index (χ0) is 23.9. The summed E-state index contributed by atoms with van der Waals surface area (Å²) in [5, 5.41) is 11.3. The molecule has 3 fully saturated rings. The summed E-state index contributed by atoms with van der Waals surface area (Å²) in [5.41, 5.74) is 1.99. The van der Waals surface area contributed by atoms with Crippen molar-refractivity contribution < 1.29 is 22.6 Å². The number of aromatic nitrogens is 2. The molecule has 34 heavy (non-hydrogen) atoms. The van der Waals surface area contributed by atoms with E-state index in [9.17, 15) is 13.2 Å². The van der Waals surface area contributed by atoms with Crippen molar-refractivity contribution in [1.29, 1.82) is 0 Å². The van der Waals surface area contributed by atoms with E-state index in [0.29, 0.717) is 37.2 Å². The van der Waals surface area contributed by atoms with Crippen molar-refractivity contribution in [3.8, 4) is 11.3 Å². The molecule has 2 aromatic rings. The molecule has 0 spiro atoms. The molecule has 3 aliphatic rings. The van der Waals surface area contributed by atoms with Gasteiger partial charge in [-0.05, 0) is 56.2 Å². The van der Waals surface area contributed by atoms with Crippen molar-refractivity contribution in [3.05, 3.63) is 41.0 Å². The number of fused-ring (bicyclic) bond motifs is 1. The third-order valence-corrected chi connectivity index (χ3v) is 7.28. The smallest absolute Gasteiger partial charge is 0.376 e. The van der Waals surface area contributed by atoms with Crippen LogP contribution in [-0.4, -0.2) is 66.7 Å². The maximum atomic E-state index is 14.0. The molecular weight excluding hydrogens is 445 g/mol. The Morgan fingerprint density at radius 1 is 1.06 bits per heavy atom. The number of nitrogens with zero attached hydrogens (tertiary/aromatic N) is 3. The van der Waals surface area contributed by atoms with Crippen molar-refractivity contribution in [3.63, 3.8) is 0 Å². The average Bonchev–Trinajstić information content (AvgIpc) is 3.33. The Kier molecular flexibility index (Phi) is 6.52. The molecule has 1 saturated carbocycles. The van der Waals surface area contributed by atoms with E-state index in [1.165, 1.54) is 0 Å². The Labute approximate surface area is 197 Å². The van der Waals surface area contributed by atoms with Crippen molar-refractivity contribution in [2.75, 3.05) is 44.8 Å². The first-order valence-electron chi connectivity index (χ1n) is 12.0. The third kappa shape index (κ3) is 5.06. The van der Waals surface area contributed by atoms with Gasteiger partial charge in [0.05, 0.1) is 31.6 Å². The van der Waals surface area contributed by atoms with E-state index in [2.05, 4.69) is 20.4 Å². The molecule has 5 rings (SSSR count). The highest BCUT2D eigenvalue weighted by atomic mass is 19.4. The molecule has 2 saturated heterocycles. The number of halogens is 3. The van der Waals surface area contributed by atoms with Crippen LogP contribution < -0.4 is 5.32 Å². The summed E-state index contributed by atoms with van der Waals surface area (Å²) in [5.74, 6) is 0.771. The van der Waals surface area contributed by atoms with Crippen molar-refractivity contribution in [2.45, 2.75) is 45.0 Å². The van der Waals surface area contributed by atoms with E-state index in [0.717, 1.165) is 49.7 Å². The lowest BCUT2D eigenvalue weighted by Crippen LogP contribution is -2.39. The van der Waals surface area contributed by atoms with Crippen LogP contribution in [0.1, 0.15) is 29.5 Å². The Morgan fingerprint density at radius 2 is 1.82 bits per heavy atom. The molecule has 0 unspecified atom stereocenters. The maximum absolute atomic E-state index is 14.0. The van der Waals surface area contributed by atoms with Gasteiger partial charge in [-0.2, -0.15) is 13.2 Å². The van der Waals surface area contributed by atoms with Crippen LogP contribution in [0.25, 0.3) is 11.3 Å². The number of nitrogens with one attached hydrogen (secondary N) is 1. The van der Waals surface area contributed by atoms with Gasteiger partial charge >= 0.3 is 6.18 Å². The van der Waals surface area contributed by atoms with Crippen molar-refractivity contribution >= 4 is 5.82 Å². The quantitative estimate of drug-likeness (QED) is 0.694. The zero-order valence-corrected chi connectivity index (χ0v) is 19.6. The Balaban J connectivity index is 1.26. The number of likely N-dealkylation sites (tertiary alicyclic amines) is 1. The molecule has 1 N–H and O–H groups in total. The molecular formula is C25H31F3N4O2. The highest BCUT2D eigenvalue weighted by Crippen LogP contribution is 2.41. The van der Waals surface area contributed by atoms with E-state index >= 15 is 0 Å². The minimum Gasteiger partial charge on any atom is -0.376 e. The minimum absolute atomic E-state index is 0.0339. The van der Waals surface area contributed by atoms with Gasteiger partial charge in [0.15, 0.2) is 5.82 Å². The van der Waals surface area contributed by atoms with Gasteiger partial charge in [0.1, 0.15) is 5.56 Å². The molecule has 0 amide bonds. The van der Waals surface area contributed by atoms with Crippen LogP contribution in [0, 0.1) is 25.7 Å². The van der Waals surface area contributed by atoms with Crippen LogP contribution in [0.5, 0.6) is 0 Å². The van der Waals surface area contributed by atoms with E-state index in [1.54, 1.807) is 0 Å². The van der Waals surface area contributed by atoms with Gasteiger partial charge < -0.3 is 19.7 Å².